The van der Waals surface area contributed by atoms with Gasteiger partial charge in [0.15, 0.2) is 0 Å². The summed E-state index contributed by atoms with van der Waals surface area (Å²) < 4.78 is 39.0. The van der Waals surface area contributed by atoms with Crippen molar-refractivity contribution >= 4 is 33.2 Å². The third-order valence-electron chi connectivity index (χ3n) is 2.27. The summed E-state index contributed by atoms with van der Waals surface area (Å²) >= 11 is 5.55. The molecule has 0 aliphatic carbocycles. The van der Waals surface area contributed by atoms with E-state index in [1.54, 1.807) is 6.92 Å². The molecule has 19 heavy (non-hydrogen) atoms. The van der Waals surface area contributed by atoms with Crippen molar-refractivity contribution < 1.29 is 17.6 Å². The number of amides is 1. The highest BCUT2D eigenvalue weighted by Gasteiger charge is 2.16. The average Bonchev–Trinajstić information content (AvgIpc) is 2.30. The van der Waals surface area contributed by atoms with Crippen LogP contribution in [-0.2, 0) is 10.0 Å². The van der Waals surface area contributed by atoms with E-state index in [0.717, 1.165) is 12.1 Å². The number of nitrogens with one attached hydrogen (secondary N) is 1. The van der Waals surface area contributed by atoms with Crippen LogP contribution < -0.4 is 10.5 Å². The molecule has 0 saturated heterocycles. The first-order chi connectivity index (χ1) is 8.75. The summed E-state index contributed by atoms with van der Waals surface area (Å²) in [6.07, 6.45) is 0. The van der Waals surface area contributed by atoms with Gasteiger partial charge in [-0.1, -0.05) is 6.92 Å². The summed E-state index contributed by atoms with van der Waals surface area (Å²) in [7, 11) is -3.61. The number of alkyl halides is 1. The van der Waals surface area contributed by atoms with Crippen LogP contribution in [0.15, 0.2) is 18.2 Å². The Balaban J connectivity index is 2.94. The van der Waals surface area contributed by atoms with Crippen LogP contribution in [0, 0.1) is 11.7 Å². The zero-order valence-corrected chi connectivity index (χ0v) is 11.8. The van der Waals surface area contributed by atoms with Crippen LogP contribution in [0.4, 0.5) is 10.1 Å². The number of halogens is 2. The van der Waals surface area contributed by atoms with E-state index in [4.69, 9.17) is 17.3 Å². The second-order valence-corrected chi connectivity index (χ2v) is 6.28. The highest BCUT2D eigenvalue weighted by atomic mass is 35.5. The molecule has 106 valence electrons. The molecule has 0 aromatic heterocycles. The van der Waals surface area contributed by atoms with Crippen LogP contribution in [-0.4, -0.2) is 26.0 Å². The molecule has 1 amide bonds. The summed E-state index contributed by atoms with van der Waals surface area (Å²) in [6, 6.07) is 3.24. The molecule has 0 spiro atoms. The van der Waals surface area contributed by atoms with Gasteiger partial charge in [-0.15, -0.1) is 11.6 Å². The summed E-state index contributed by atoms with van der Waals surface area (Å²) in [6.45, 7) is 1.69. The summed E-state index contributed by atoms with van der Waals surface area (Å²) in [5.41, 5.74) is 4.69. The number of sulfonamides is 1. The van der Waals surface area contributed by atoms with E-state index in [1.165, 1.54) is 6.07 Å². The fourth-order valence-corrected chi connectivity index (χ4v) is 3.09. The molecule has 0 bridgehead atoms. The zero-order chi connectivity index (χ0) is 14.6. The molecule has 0 fully saturated rings. The van der Waals surface area contributed by atoms with Crippen LogP contribution in [0.3, 0.4) is 0 Å². The molecule has 8 heteroatoms. The lowest BCUT2D eigenvalue weighted by Crippen LogP contribution is -2.22. The number of hydrogen-bond donors (Lipinski definition) is 2. The molecule has 3 N–H and O–H groups in total. The zero-order valence-electron chi connectivity index (χ0n) is 10.2. The number of carbonyl (C=O) groups excluding carboxylic acids is 1. The largest absolute Gasteiger partial charge is 0.366 e. The van der Waals surface area contributed by atoms with E-state index < -0.39 is 21.7 Å². The maximum absolute atomic E-state index is 13.2. The first-order valence-corrected chi connectivity index (χ1v) is 7.59. The van der Waals surface area contributed by atoms with E-state index in [-0.39, 0.29) is 28.8 Å². The van der Waals surface area contributed by atoms with Crippen molar-refractivity contribution in [1.29, 1.82) is 0 Å². The van der Waals surface area contributed by atoms with Crippen LogP contribution in [0.1, 0.15) is 17.3 Å². The maximum atomic E-state index is 13.2. The second-order valence-electron chi connectivity index (χ2n) is 4.20. The van der Waals surface area contributed by atoms with Crippen molar-refractivity contribution in [2.75, 3.05) is 16.4 Å². The Hall–Kier alpha value is -1.34. The number of carbonyl (C=O) groups is 1. The predicted molar refractivity (Wildman–Crippen MR) is 72.2 cm³/mol. The van der Waals surface area contributed by atoms with Crippen LogP contribution in [0.25, 0.3) is 0 Å². The highest BCUT2D eigenvalue weighted by molar-refractivity contribution is 7.92. The minimum Gasteiger partial charge on any atom is -0.366 e. The first kappa shape index (κ1) is 15.7. The highest BCUT2D eigenvalue weighted by Crippen LogP contribution is 2.16. The van der Waals surface area contributed by atoms with Gasteiger partial charge >= 0.3 is 0 Å². The SMILES string of the molecule is CC(CCl)CS(=O)(=O)Nc1ccc(F)c(C(N)=O)c1. The smallest absolute Gasteiger partial charge is 0.251 e. The van der Waals surface area contributed by atoms with Crippen LogP contribution in [0.2, 0.25) is 0 Å². The molecule has 1 unspecified atom stereocenters. The lowest BCUT2D eigenvalue weighted by atomic mass is 10.2. The third kappa shape index (κ3) is 4.68. The summed E-state index contributed by atoms with van der Waals surface area (Å²) in [5, 5.41) is 0. The number of anilines is 1. The van der Waals surface area contributed by atoms with Crippen LogP contribution in [0.5, 0.6) is 0 Å². The number of nitrogens with two attached hydrogens (primary N) is 1. The quantitative estimate of drug-likeness (QED) is 0.781. The Morgan fingerprint density at radius 3 is 2.68 bits per heavy atom. The van der Waals surface area contributed by atoms with Crippen molar-refractivity contribution in [3.63, 3.8) is 0 Å². The molecule has 5 nitrogen and oxygen atoms in total. The number of benzene rings is 1. The molecule has 1 atom stereocenters. The van der Waals surface area contributed by atoms with Crippen molar-refractivity contribution in [1.82, 2.24) is 0 Å². The van der Waals surface area contributed by atoms with Crippen molar-refractivity contribution in [3.8, 4) is 0 Å². The Morgan fingerprint density at radius 2 is 2.16 bits per heavy atom. The third-order valence-corrected chi connectivity index (χ3v) is 4.35. The lowest BCUT2D eigenvalue weighted by Gasteiger charge is -2.11. The fourth-order valence-electron chi connectivity index (χ4n) is 1.42. The monoisotopic (exact) mass is 308 g/mol. The van der Waals surface area contributed by atoms with Gasteiger partial charge in [0.2, 0.25) is 10.0 Å². The number of rotatable bonds is 6. The molecule has 0 aliphatic heterocycles. The van der Waals surface area contributed by atoms with Gasteiger partial charge in [0.25, 0.3) is 5.91 Å². The van der Waals surface area contributed by atoms with Gasteiger partial charge < -0.3 is 5.73 Å². The molecule has 0 radical (unpaired) electrons. The van der Waals surface area contributed by atoms with E-state index in [1.807, 2.05) is 0 Å². The normalized spacial score (nSPS) is 13.0. The van der Waals surface area contributed by atoms with Crippen LogP contribution >= 0.6 is 11.6 Å². The Morgan fingerprint density at radius 1 is 1.53 bits per heavy atom. The van der Waals surface area contributed by atoms with Gasteiger partial charge in [0, 0.05) is 11.6 Å². The molecule has 0 aliphatic rings. The van der Waals surface area contributed by atoms with Gasteiger partial charge in [0.05, 0.1) is 11.3 Å². The van der Waals surface area contributed by atoms with E-state index in [0.29, 0.717) is 0 Å². The van der Waals surface area contributed by atoms with Crippen molar-refractivity contribution in [2.24, 2.45) is 11.7 Å². The van der Waals surface area contributed by atoms with Crippen molar-refractivity contribution in [2.45, 2.75) is 6.92 Å². The van der Waals surface area contributed by atoms with Gasteiger partial charge in [-0.3, -0.25) is 9.52 Å². The van der Waals surface area contributed by atoms with Gasteiger partial charge in [-0.25, -0.2) is 12.8 Å². The molecular weight excluding hydrogens is 295 g/mol. The maximum Gasteiger partial charge on any atom is 0.251 e. The Bertz CT molecular complexity index is 577. The van der Waals surface area contributed by atoms with E-state index in [2.05, 4.69) is 4.72 Å². The number of hydrogen-bond acceptors (Lipinski definition) is 3. The fraction of sp³-hybridized carbons (Fsp3) is 0.364. The Labute approximate surface area is 116 Å². The summed E-state index contributed by atoms with van der Waals surface area (Å²) in [5.74, 6) is -1.95. The minimum absolute atomic E-state index is 0.0805. The average molecular weight is 309 g/mol. The topological polar surface area (TPSA) is 89.3 Å². The van der Waals surface area contributed by atoms with Gasteiger partial charge in [0.1, 0.15) is 5.82 Å². The molecule has 1 aromatic carbocycles. The first-order valence-electron chi connectivity index (χ1n) is 5.41. The summed E-state index contributed by atoms with van der Waals surface area (Å²) in [4.78, 5) is 11.0. The molecule has 0 saturated carbocycles. The predicted octanol–water partition coefficient (Wildman–Crippen LogP) is 1.54. The second kappa shape index (κ2) is 6.21. The lowest BCUT2D eigenvalue weighted by molar-refractivity contribution is 0.0996. The molecular formula is C11H14ClFN2O3S. The van der Waals surface area contributed by atoms with Gasteiger partial charge in [-0.05, 0) is 24.1 Å². The molecule has 1 aromatic rings. The standard InChI is InChI=1S/C11H14ClFN2O3S/c1-7(5-12)6-19(17,18)15-8-2-3-10(13)9(4-8)11(14)16/h2-4,7,15H,5-6H2,1H3,(H2,14,16). The molecule has 0 heterocycles. The Kier molecular flexibility index (Phi) is 5.13. The van der Waals surface area contributed by atoms with E-state index >= 15 is 0 Å². The molecule has 1 rings (SSSR count). The van der Waals surface area contributed by atoms with E-state index in [9.17, 15) is 17.6 Å². The van der Waals surface area contributed by atoms with Gasteiger partial charge in [-0.2, -0.15) is 0 Å². The van der Waals surface area contributed by atoms with Crippen molar-refractivity contribution in [3.05, 3.63) is 29.6 Å². The minimum atomic E-state index is -3.61. The number of primary amides is 1.